The molecule has 1 saturated carbocycles. The van der Waals surface area contributed by atoms with Crippen LogP contribution in [0, 0.1) is 17.8 Å². The summed E-state index contributed by atoms with van der Waals surface area (Å²) in [5, 5.41) is 8.77. The first kappa shape index (κ1) is 9.56. The summed E-state index contributed by atoms with van der Waals surface area (Å²) in [6, 6.07) is 0. The highest BCUT2D eigenvalue weighted by Gasteiger charge is 2.29. The van der Waals surface area contributed by atoms with Gasteiger partial charge in [-0.3, -0.25) is 4.79 Å². The third-order valence-corrected chi connectivity index (χ3v) is 2.70. The van der Waals surface area contributed by atoms with Crippen molar-refractivity contribution >= 4 is 5.97 Å². The van der Waals surface area contributed by atoms with Crippen LogP contribution in [0.15, 0.2) is 0 Å². The normalized spacial score (nSPS) is 29.6. The number of carboxylic acids is 1. The van der Waals surface area contributed by atoms with Crippen LogP contribution in [0.4, 0.5) is 0 Å². The van der Waals surface area contributed by atoms with E-state index in [2.05, 4.69) is 13.8 Å². The van der Waals surface area contributed by atoms with Crippen LogP contribution in [0.1, 0.15) is 39.5 Å². The topological polar surface area (TPSA) is 37.3 Å². The second-order valence-electron chi connectivity index (χ2n) is 4.34. The summed E-state index contributed by atoms with van der Waals surface area (Å²) in [7, 11) is 0. The van der Waals surface area contributed by atoms with Gasteiger partial charge in [0.15, 0.2) is 0 Å². The highest BCUT2D eigenvalue weighted by Crippen LogP contribution is 2.34. The zero-order chi connectivity index (χ0) is 9.14. The van der Waals surface area contributed by atoms with Crippen LogP contribution in [0.2, 0.25) is 0 Å². The van der Waals surface area contributed by atoms with Crippen LogP contribution < -0.4 is 0 Å². The lowest BCUT2D eigenvalue weighted by atomic mass is 9.95. The zero-order valence-electron chi connectivity index (χ0n) is 7.92. The fraction of sp³-hybridized carbons (Fsp3) is 0.900. The van der Waals surface area contributed by atoms with Gasteiger partial charge >= 0.3 is 5.97 Å². The van der Waals surface area contributed by atoms with E-state index in [-0.39, 0.29) is 5.92 Å². The molecule has 0 aromatic rings. The Morgan fingerprint density at radius 1 is 1.50 bits per heavy atom. The number of hydrogen-bond donors (Lipinski definition) is 1. The molecule has 0 spiro atoms. The van der Waals surface area contributed by atoms with E-state index in [1.165, 1.54) is 6.42 Å². The van der Waals surface area contributed by atoms with E-state index < -0.39 is 5.97 Å². The van der Waals surface area contributed by atoms with Gasteiger partial charge in [0.1, 0.15) is 0 Å². The maximum atomic E-state index is 10.6. The van der Waals surface area contributed by atoms with Crippen molar-refractivity contribution in [1.82, 2.24) is 0 Å². The quantitative estimate of drug-likeness (QED) is 0.706. The third kappa shape index (κ3) is 2.50. The predicted molar refractivity (Wildman–Crippen MR) is 47.9 cm³/mol. The molecule has 0 aromatic heterocycles. The van der Waals surface area contributed by atoms with Crippen LogP contribution in [-0.2, 0) is 4.79 Å². The van der Waals surface area contributed by atoms with E-state index in [1.807, 2.05) is 0 Å². The van der Waals surface area contributed by atoms with E-state index in [9.17, 15) is 4.79 Å². The fourth-order valence-electron chi connectivity index (χ4n) is 2.18. The molecule has 0 aromatic carbocycles. The molecule has 0 bridgehead atoms. The minimum Gasteiger partial charge on any atom is -0.481 e. The Kier molecular flexibility index (Phi) is 3.12. The molecular weight excluding hydrogens is 152 g/mol. The molecule has 1 rings (SSSR count). The lowest BCUT2D eigenvalue weighted by molar-refractivity contribution is -0.141. The van der Waals surface area contributed by atoms with Gasteiger partial charge < -0.3 is 5.11 Å². The summed E-state index contributed by atoms with van der Waals surface area (Å²) >= 11 is 0. The van der Waals surface area contributed by atoms with Gasteiger partial charge in [0.25, 0.3) is 0 Å². The van der Waals surface area contributed by atoms with Crippen LogP contribution >= 0.6 is 0 Å². The van der Waals surface area contributed by atoms with Crippen molar-refractivity contribution in [1.29, 1.82) is 0 Å². The highest BCUT2D eigenvalue weighted by molar-refractivity contribution is 5.70. The molecule has 1 N–H and O–H groups in total. The second kappa shape index (κ2) is 3.92. The molecule has 1 aliphatic carbocycles. The minimum atomic E-state index is -0.596. The first-order valence-corrected chi connectivity index (χ1v) is 4.82. The molecule has 0 aliphatic heterocycles. The molecule has 1 fully saturated rings. The van der Waals surface area contributed by atoms with E-state index in [1.54, 1.807) is 0 Å². The first-order valence-electron chi connectivity index (χ1n) is 4.82. The minimum absolute atomic E-state index is 0.0475. The fourth-order valence-corrected chi connectivity index (χ4v) is 2.18. The third-order valence-electron chi connectivity index (χ3n) is 2.70. The van der Waals surface area contributed by atoms with Crippen molar-refractivity contribution in [2.45, 2.75) is 39.5 Å². The summed E-state index contributed by atoms with van der Waals surface area (Å²) in [6.07, 6.45) is 4.12. The van der Waals surface area contributed by atoms with Crippen LogP contribution in [-0.4, -0.2) is 11.1 Å². The lowest BCUT2D eigenvalue weighted by Gasteiger charge is -2.11. The number of carbonyl (C=O) groups is 1. The Morgan fingerprint density at radius 3 is 2.58 bits per heavy atom. The predicted octanol–water partition coefficient (Wildman–Crippen LogP) is 2.53. The van der Waals surface area contributed by atoms with Crippen LogP contribution in [0.25, 0.3) is 0 Å². The number of rotatable bonds is 3. The maximum Gasteiger partial charge on any atom is 0.306 e. The zero-order valence-corrected chi connectivity index (χ0v) is 7.92. The van der Waals surface area contributed by atoms with Crippen LogP contribution in [0.3, 0.4) is 0 Å². The van der Waals surface area contributed by atoms with Gasteiger partial charge in [-0.1, -0.05) is 13.8 Å². The SMILES string of the molecule is CC(C)CC1CCC(C(=O)O)C1. The summed E-state index contributed by atoms with van der Waals surface area (Å²) in [6.45, 7) is 4.40. The Balaban J connectivity index is 2.30. The monoisotopic (exact) mass is 170 g/mol. The van der Waals surface area contributed by atoms with Gasteiger partial charge in [-0.25, -0.2) is 0 Å². The van der Waals surface area contributed by atoms with Crippen molar-refractivity contribution in [2.75, 3.05) is 0 Å². The van der Waals surface area contributed by atoms with Crippen molar-refractivity contribution in [2.24, 2.45) is 17.8 Å². The molecule has 0 heterocycles. The van der Waals surface area contributed by atoms with Gasteiger partial charge in [-0.15, -0.1) is 0 Å². The smallest absolute Gasteiger partial charge is 0.306 e. The molecule has 0 saturated heterocycles. The summed E-state index contributed by atoms with van der Waals surface area (Å²) in [4.78, 5) is 10.6. The van der Waals surface area contributed by atoms with Gasteiger partial charge in [0.2, 0.25) is 0 Å². The average Bonchev–Trinajstić information content (AvgIpc) is 2.34. The molecule has 2 heteroatoms. The second-order valence-corrected chi connectivity index (χ2v) is 4.34. The molecule has 2 atom stereocenters. The van der Waals surface area contributed by atoms with E-state index >= 15 is 0 Å². The number of aliphatic carboxylic acids is 1. The molecule has 70 valence electrons. The van der Waals surface area contributed by atoms with E-state index in [4.69, 9.17) is 5.11 Å². The molecule has 0 radical (unpaired) electrons. The summed E-state index contributed by atoms with van der Waals surface area (Å²) < 4.78 is 0. The highest BCUT2D eigenvalue weighted by atomic mass is 16.4. The largest absolute Gasteiger partial charge is 0.481 e. The van der Waals surface area contributed by atoms with Crippen molar-refractivity contribution < 1.29 is 9.90 Å². The van der Waals surface area contributed by atoms with Gasteiger partial charge in [0.05, 0.1) is 5.92 Å². The van der Waals surface area contributed by atoms with Gasteiger partial charge in [0, 0.05) is 0 Å². The summed E-state index contributed by atoms with van der Waals surface area (Å²) in [5.74, 6) is 0.739. The van der Waals surface area contributed by atoms with Crippen LogP contribution in [0.5, 0.6) is 0 Å². The number of hydrogen-bond acceptors (Lipinski definition) is 1. The molecule has 12 heavy (non-hydrogen) atoms. The van der Waals surface area contributed by atoms with E-state index in [0.717, 1.165) is 19.3 Å². The van der Waals surface area contributed by atoms with Crippen molar-refractivity contribution in [3.63, 3.8) is 0 Å². The van der Waals surface area contributed by atoms with E-state index in [0.29, 0.717) is 11.8 Å². The molecule has 2 nitrogen and oxygen atoms in total. The summed E-state index contributed by atoms with van der Waals surface area (Å²) in [5.41, 5.74) is 0. The molecule has 0 amide bonds. The molecule has 2 unspecified atom stereocenters. The molecular formula is C10H18O2. The Labute approximate surface area is 74.0 Å². The standard InChI is InChI=1S/C10H18O2/c1-7(2)5-8-3-4-9(6-8)10(11)12/h7-9H,3-6H2,1-2H3,(H,11,12). The Bertz CT molecular complexity index is 163. The van der Waals surface area contributed by atoms with Crippen molar-refractivity contribution in [3.05, 3.63) is 0 Å². The number of carboxylic acid groups (broad SMARTS) is 1. The lowest BCUT2D eigenvalue weighted by Crippen LogP contribution is -2.10. The first-order chi connectivity index (χ1) is 5.59. The Morgan fingerprint density at radius 2 is 2.17 bits per heavy atom. The molecule has 1 aliphatic rings. The maximum absolute atomic E-state index is 10.6. The average molecular weight is 170 g/mol. The van der Waals surface area contributed by atoms with Gasteiger partial charge in [-0.2, -0.15) is 0 Å². The van der Waals surface area contributed by atoms with Crippen molar-refractivity contribution in [3.8, 4) is 0 Å². The Hall–Kier alpha value is -0.530. The van der Waals surface area contributed by atoms with Gasteiger partial charge in [-0.05, 0) is 37.5 Å².